The number of carboxylic acids is 1. The fourth-order valence-corrected chi connectivity index (χ4v) is 1.84. The molecule has 2 rings (SSSR count). The highest BCUT2D eigenvalue weighted by Crippen LogP contribution is 2.34. The topological polar surface area (TPSA) is 69.6 Å². The molecule has 0 bridgehead atoms. The lowest BCUT2D eigenvalue weighted by Gasteiger charge is -2.26. The fourth-order valence-electron chi connectivity index (χ4n) is 1.84. The van der Waals surface area contributed by atoms with Crippen LogP contribution in [0.3, 0.4) is 0 Å². The van der Waals surface area contributed by atoms with Crippen molar-refractivity contribution in [1.29, 1.82) is 0 Å². The first-order valence-corrected chi connectivity index (χ1v) is 6.68. The number of urea groups is 1. The van der Waals surface area contributed by atoms with Gasteiger partial charge in [-0.05, 0) is 45.4 Å². The van der Waals surface area contributed by atoms with E-state index in [0.717, 1.165) is 19.4 Å². The number of aliphatic carboxylic acids is 1. The zero-order valence-corrected chi connectivity index (χ0v) is 11.1. The summed E-state index contributed by atoms with van der Waals surface area (Å²) in [6, 6.07) is 0.289. The van der Waals surface area contributed by atoms with Gasteiger partial charge < -0.3 is 15.3 Å². The Balaban J connectivity index is 1.83. The summed E-state index contributed by atoms with van der Waals surface area (Å²) >= 11 is 0. The van der Waals surface area contributed by atoms with Crippen LogP contribution in [0.5, 0.6) is 0 Å². The molecule has 102 valence electrons. The summed E-state index contributed by atoms with van der Waals surface area (Å²) in [6.07, 6.45) is 4.61. The Bertz CT molecular complexity index is 346. The lowest BCUT2D eigenvalue weighted by Crippen LogP contribution is -2.47. The fraction of sp³-hybridized carbons (Fsp3) is 0.846. The molecule has 0 heterocycles. The molecule has 0 aliphatic heterocycles. The molecule has 5 heteroatoms. The number of nitrogens with zero attached hydrogens (tertiary/aromatic N) is 1. The highest BCUT2D eigenvalue weighted by atomic mass is 16.4. The van der Waals surface area contributed by atoms with E-state index in [1.807, 2.05) is 4.90 Å². The van der Waals surface area contributed by atoms with Crippen molar-refractivity contribution in [3.05, 3.63) is 0 Å². The summed E-state index contributed by atoms with van der Waals surface area (Å²) in [5, 5.41) is 11.8. The van der Waals surface area contributed by atoms with Gasteiger partial charge in [0.15, 0.2) is 0 Å². The summed E-state index contributed by atoms with van der Waals surface area (Å²) < 4.78 is 0. The predicted octanol–water partition coefficient (Wildman–Crippen LogP) is 1.68. The van der Waals surface area contributed by atoms with Gasteiger partial charge in [-0.25, -0.2) is 4.79 Å². The second-order valence-electron chi connectivity index (χ2n) is 6.17. The van der Waals surface area contributed by atoms with E-state index in [9.17, 15) is 9.59 Å². The van der Waals surface area contributed by atoms with Gasteiger partial charge in [0.05, 0.1) is 5.41 Å². The van der Waals surface area contributed by atoms with Crippen LogP contribution in [0.1, 0.15) is 39.5 Å². The summed E-state index contributed by atoms with van der Waals surface area (Å²) in [7, 11) is 0. The maximum Gasteiger partial charge on any atom is 0.317 e. The van der Waals surface area contributed by atoms with Crippen LogP contribution in [-0.2, 0) is 4.79 Å². The molecule has 0 radical (unpaired) electrons. The van der Waals surface area contributed by atoms with Crippen LogP contribution in [0, 0.1) is 11.3 Å². The third-order valence-electron chi connectivity index (χ3n) is 3.66. The Hall–Kier alpha value is -1.26. The Labute approximate surface area is 108 Å². The molecule has 0 spiro atoms. The molecule has 0 aromatic heterocycles. The predicted molar refractivity (Wildman–Crippen MR) is 67.3 cm³/mol. The van der Waals surface area contributed by atoms with E-state index in [0.29, 0.717) is 12.0 Å². The molecular weight excluding hydrogens is 232 g/mol. The molecule has 2 fully saturated rings. The number of carbonyl (C=O) groups is 2. The number of carbonyl (C=O) groups excluding carboxylic acids is 1. The molecule has 0 atom stereocenters. The standard InChI is InChI=1S/C13H22N2O3/c1-13(2,11(16)17)8-14-12(18)15(10-5-6-10)7-9-3-4-9/h9-10H,3-8H2,1-2H3,(H,14,18)(H,16,17). The SMILES string of the molecule is CC(C)(CNC(=O)N(CC1CC1)C1CC1)C(=O)O. The van der Waals surface area contributed by atoms with Crippen molar-refractivity contribution >= 4 is 12.0 Å². The molecule has 18 heavy (non-hydrogen) atoms. The van der Waals surface area contributed by atoms with E-state index >= 15 is 0 Å². The van der Waals surface area contributed by atoms with Gasteiger partial charge in [0.2, 0.25) is 0 Å². The van der Waals surface area contributed by atoms with Gasteiger partial charge in [0, 0.05) is 19.1 Å². The molecule has 0 saturated heterocycles. The van der Waals surface area contributed by atoms with Gasteiger partial charge >= 0.3 is 12.0 Å². The Morgan fingerprint density at radius 1 is 1.28 bits per heavy atom. The van der Waals surface area contributed by atoms with E-state index in [-0.39, 0.29) is 12.6 Å². The van der Waals surface area contributed by atoms with E-state index in [4.69, 9.17) is 5.11 Å². The van der Waals surface area contributed by atoms with Crippen molar-refractivity contribution < 1.29 is 14.7 Å². The van der Waals surface area contributed by atoms with Gasteiger partial charge in [-0.15, -0.1) is 0 Å². The van der Waals surface area contributed by atoms with Crippen molar-refractivity contribution in [2.45, 2.75) is 45.6 Å². The molecule has 2 N–H and O–H groups in total. The minimum atomic E-state index is -0.912. The second-order valence-corrected chi connectivity index (χ2v) is 6.17. The first-order valence-electron chi connectivity index (χ1n) is 6.68. The van der Waals surface area contributed by atoms with Crippen molar-refractivity contribution in [1.82, 2.24) is 10.2 Å². The monoisotopic (exact) mass is 254 g/mol. The highest BCUT2D eigenvalue weighted by molar-refractivity contribution is 5.78. The van der Waals surface area contributed by atoms with Crippen LogP contribution >= 0.6 is 0 Å². The quantitative estimate of drug-likeness (QED) is 0.757. The Kier molecular flexibility index (Phi) is 3.50. The van der Waals surface area contributed by atoms with E-state index in [1.54, 1.807) is 13.8 Å². The molecule has 0 aromatic carbocycles. The molecule has 2 aliphatic carbocycles. The number of hydrogen-bond acceptors (Lipinski definition) is 2. The van der Waals surface area contributed by atoms with Gasteiger partial charge in [-0.1, -0.05) is 0 Å². The molecule has 2 saturated carbocycles. The lowest BCUT2D eigenvalue weighted by atomic mass is 9.94. The van der Waals surface area contributed by atoms with Crippen LogP contribution in [0.4, 0.5) is 4.79 Å². The number of nitrogens with one attached hydrogen (secondary N) is 1. The second kappa shape index (κ2) is 4.78. The maximum absolute atomic E-state index is 12.1. The van der Waals surface area contributed by atoms with Gasteiger partial charge in [0.25, 0.3) is 0 Å². The van der Waals surface area contributed by atoms with Crippen molar-refractivity contribution in [3.8, 4) is 0 Å². The lowest BCUT2D eigenvalue weighted by molar-refractivity contribution is -0.146. The third kappa shape index (κ3) is 3.37. The van der Waals surface area contributed by atoms with Crippen molar-refractivity contribution in [3.63, 3.8) is 0 Å². The zero-order chi connectivity index (χ0) is 13.3. The number of hydrogen-bond donors (Lipinski definition) is 2. The zero-order valence-electron chi connectivity index (χ0n) is 11.1. The Morgan fingerprint density at radius 2 is 1.89 bits per heavy atom. The highest BCUT2D eigenvalue weighted by Gasteiger charge is 2.37. The molecule has 2 aliphatic rings. The minimum absolute atomic E-state index is 0.0984. The minimum Gasteiger partial charge on any atom is -0.481 e. The van der Waals surface area contributed by atoms with Crippen LogP contribution in [0.2, 0.25) is 0 Å². The normalized spacial score (nSPS) is 19.4. The van der Waals surface area contributed by atoms with Crippen molar-refractivity contribution in [2.24, 2.45) is 11.3 Å². The molecule has 0 unspecified atom stereocenters. The average molecular weight is 254 g/mol. The number of carboxylic acid groups (broad SMARTS) is 1. The summed E-state index contributed by atoms with van der Waals surface area (Å²) in [6.45, 7) is 4.26. The first-order chi connectivity index (χ1) is 8.40. The van der Waals surface area contributed by atoms with Crippen molar-refractivity contribution in [2.75, 3.05) is 13.1 Å². The molecule has 2 amide bonds. The summed E-state index contributed by atoms with van der Waals surface area (Å²) in [4.78, 5) is 25.0. The van der Waals surface area contributed by atoms with Gasteiger partial charge in [0.1, 0.15) is 0 Å². The molecule has 0 aromatic rings. The van der Waals surface area contributed by atoms with Crippen LogP contribution < -0.4 is 5.32 Å². The largest absolute Gasteiger partial charge is 0.481 e. The summed E-state index contributed by atoms with van der Waals surface area (Å²) in [5.74, 6) is -0.216. The van der Waals surface area contributed by atoms with Crippen LogP contribution in [0.15, 0.2) is 0 Å². The maximum atomic E-state index is 12.1. The Morgan fingerprint density at radius 3 is 2.33 bits per heavy atom. The van der Waals surface area contributed by atoms with E-state index < -0.39 is 11.4 Å². The summed E-state index contributed by atoms with van der Waals surface area (Å²) in [5.41, 5.74) is -0.912. The first kappa shape index (κ1) is 13.2. The van der Waals surface area contributed by atoms with E-state index in [2.05, 4.69) is 5.32 Å². The number of amides is 2. The molecular formula is C13H22N2O3. The van der Waals surface area contributed by atoms with Crippen LogP contribution in [0.25, 0.3) is 0 Å². The number of rotatable bonds is 6. The third-order valence-corrected chi connectivity index (χ3v) is 3.66. The average Bonchev–Trinajstić information content (AvgIpc) is 3.14. The smallest absolute Gasteiger partial charge is 0.317 e. The van der Waals surface area contributed by atoms with E-state index in [1.165, 1.54) is 12.8 Å². The van der Waals surface area contributed by atoms with Crippen LogP contribution in [-0.4, -0.2) is 41.1 Å². The van der Waals surface area contributed by atoms with Gasteiger partial charge in [-0.2, -0.15) is 0 Å². The molecule has 5 nitrogen and oxygen atoms in total. The van der Waals surface area contributed by atoms with Gasteiger partial charge in [-0.3, -0.25) is 4.79 Å².